The smallest absolute Gasteiger partial charge is 0.314 e. The first kappa shape index (κ1) is 18.5. The second kappa shape index (κ2) is 9.46. The van der Waals surface area contributed by atoms with Gasteiger partial charge in [-0.05, 0) is 19.2 Å². The molecule has 1 atom stereocenters. The van der Waals surface area contributed by atoms with E-state index in [1.54, 1.807) is 24.3 Å². The molecule has 1 aliphatic rings. The maximum Gasteiger partial charge on any atom is 0.314 e. The molecule has 7 nitrogen and oxygen atoms in total. The summed E-state index contributed by atoms with van der Waals surface area (Å²) in [7, 11) is 2.03. The molecule has 0 saturated carbocycles. The molecule has 0 bridgehead atoms. The van der Waals surface area contributed by atoms with Crippen molar-refractivity contribution in [2.24, 2.45) is 0 Å². The fourth-order valence-electron chi connectivity index (χ4n) is 2.35. The van der Waals surface area contributed by atoms with Crippen molar-refractivity contribution in [3.63, 3.8) is 0 Å². The molecule has 1 unspecified atom stereocenters. The number of carbonyl (C=O) groups excluding carboxylic acids is 2. The van der Waals surface area contributed by atoms with E-state index in [0.717, 1.165) is 13.1 Å². The summed E-state index contributed by atoms with van der Waals surface area (Å²) in [4.78, 5) is 25.8. The molecule has 2 rings (SSSR count). The number of benzene rings is 1. The Morgan fingerprint density at radius 2 is 2.00 bits per heavy atom. The summed E-state index contributed by atoms with van der Waals surface area (Å²) in [5.74, 6) is -0.263. The molecule has 132 valence electrons. The maximum atomic E-state index is 11.9. The van der Waals surface area contributed by atoms with Crippen molar-refractivity contribution < 1.29 is 14.3 Å². The first-order chi connectivity index (χ1) is 11.6. The van der Waals surface area contributed by atoms with Crippen molar-refractivity contribution in [3.05, 3.63) is 34.9 Å². The Morgan fingerprint density at radius 1 is 1.25 bits per heavy atom. The molecule has 1 aromatic rings. The molecular weight excluding hydrogens is 332 g/mol. The van der Waals surface area contributed by atoms with Gasteiger partial charge in [0.15, 0.2) is 0 Å². The first-order valence-corrected chi connectivity index (χ1v) is 8.28. The van der Waals surface area contributed by atoms with Crippen LogP contribution < -0.4 is 16.0 Å². The minimum absolute atomic E-state index is 0.00873. The predicted octanol–water partition coefficient (Wildman–Crippen LogP) is 0.700. The van der Waals surface area contributed by atoms with Gasteiger partial charge in [0.05, 0.1) is 23.3 Å². The average Bonchev–Trinajstić information content (AvgIpc) is 2.57. The van der Waals surface area contributed by atoms with Gasteiger partial charge in [-0.1, -0.05) is 23.7 Å². The molecule has 0 aromatic heterocycles. The number of urea groups is 1. The van der Waals surface area contributed by atoms with Crippen LogP contribution in [0, 0.1) is 0 Å². The molecule has 0 aliphatic carbocycles. The van der Waals surface area contributed by atoms with Gasteiger partial charge in [-0.15, -0.1) is 0 Å². The second-order valence-electron chi connectivity index (χ2n) is 5.63. The third-order valence-electron chi connectivity index (χ3n) is 3.65. The highest BCUT2D eigenvalue weighted by Crippen LogP contribution is 2.14. The number of carbonyl (C=O) groups is 2. The molecule has 1 saturated heterocycles. The fourth-order valence-corrected chi connectivity index (χ4v) is 2.57. The van der Waals surface area contributed by atoms with Crippen LogP contribution in [-0.2, 0) is 4.74 Å². The molecule has 0 spiro atoms. The summed E-state index contributed by atoms with van der Waals surface area (Å²) in [6.45, 7) is 3.50. The van der Waals surface area contributed by atoms with Crippen molar-refractivity contribution in [1.29, 1.82) is 0 Å². The standard InChI is InChI=1S/C16H23ClN4O3/c1-21-8-9-24-12(11-21)10-20-16(23)19-7-6-18-15(22)13-4-2-3-5-14(13)17/h2-5,12H,6-11H2,1H3,(H,18,22)(H2,19,20,23). The zero-order valence-electron chi connectivity index (χ0n) is 13.7. The van der Waals surface area contributed by atoms with Gasteiger partial charge in [0, 0.05) is 32.7 Å². The molecule has 1 heterocycles. The molecule has 8 heteroatoms. The lowest BCUT2D eigenvalue weighted by molar-refractivity contribution is -0.0167. The van der Waals surface area contributed by atoms with E-state index in [2.05, 4.69) is 20.9 Å². The number of nitrogens with one attached hydrogen (secondary N) is 3. The van der Waals surface area contributed by atoms with Crippen LogP contribution in [0.4, 0.5) is 4.79 Å². The van der Waals surface area contributed by atoms with Gasteiger partial charge in [0.1, 0.15) is 0 Å². The number of rotatable bonds is 6. The summed E-state index contributed by atoms with van der Waals surface area (Å²) in [5.41, 5.74) is 0.419. The Balaban J connectivity index is 1.59. The Kier molecular flexibility index (Phi) is 7.30. The Hall–Kier alpha value is -1.83. The number of ether oxygens (including phenoxy) is 1. The number of amides is 3. The largest absolute Gasteiger partial charge is 0.374 e. The highest BCUT2D eigenvalue weighted by molar-refractivity contribution is 6.33. The van der Waals surface area contributed by atoms with Gasteiger partial charge in [-0.3, -0.25) is 4.79 Å². The van der Waals surface area contributed by atoms with E-state index in [4.69, 9.17) is 16.3 Å². The number of nitrogens with zero attached hydrogens (tertiary/aromatic N) is 1. The molecule has 1 fully saturated rings. The normalized spacial score (nSPS) is 18.0. The quantitative estimate of drug-likeness (QED) is 0.657. The highest BCUT2D eigenvalue weighted by atomic mass is 35.5. The van der Waals surface area contributed by atoms with Crippen LogP contribution in [0.2, 0.25) is 5.02 Å². The first-order valence-electron chi connectivity index (χ1n) is 7.91. The van der Waals surface area contributed by atoms with Crippen LogP contribution in [0.1, 0.15) is 10.4 Å². The van der Waals surface area contributed by atoms with Crippen LogP contribution in [0.25, 0.3) is 0 Å². The fraction of sp³-hybridized carbons (Fsp3) is 0.500. The lowest BCUT2D eigenvalue weighted by Crippen LogP contribution is -2.48. The van der Waals surface area contributed by atoms with Gasteiger partial charge < -0.3 is 25.6 Å². The molecular formula is C16H23ClN4O3. The topological polar surface area (TPSA) is 82.7 Å². The van der Waals surface area contributed by atoms with Gasteiger partial charge in [-0.2, -0.15) is 0 Å². The number of likely N-dealkylation sites (N-methyl/N-ethyl adjacent to an activating group) is 1. The minimum Gasteiger partial charge on any atom is -0.374 e. The third-order valence-corrected chi connectivity index (χ3v) is 3.98. The third kappa shape index (κ3) is 5.99. The van der Waals surface area contributed by atoms with E-state index in [-0.39, 0.29) is 18.0 Å². The van der Waals surface area contributed by atoms with Gasteiger partial charge in [0.2, 0.25) is 0 Å². The SMILES string of the molecule is CN1CCOC(CNC(=O)NCCNC(=O)c2ccccc2Cl)C1. The number of halogens is 1. The summed E-state index contributed by atoms with van der Waals surface area (Å²) in [5, 5.41) is 8.56. The lowest BCUT2D eigenvalue weighted by Gasteiger charge is -2.30. The number of hydrogen-bond acceptors (Lipinski definition) is 4. The van der Waals surface area contributed by atoms with Crippen LogP contribution >= 0.6 is 11.6 Å². The van der Waals surface area contributed by atoms with Crippen LogP contribution in [-0.4, -0.2) is 69.3 Å². The van der Waals surface area contributed by atoms with Crippen LogP contribution in [0.3, 0.4) is 0 Å². The van der Waals surface area contributed by atoms with Crippen molar-refractivity contribution >= 4 is 23.5 Å². The van der Waals surface area contributed by atoms with E-state index in [1.165, 1.54) is 0 Å². The molecule has 3 N–H and O–H groups in total. The Morgan fingerprint density at radius 3 is 2.75 bits per heavy atom. The zero-order chi connectivity index (χ0) is 17.4. The molecule has 24 heavy (non-hydrogen) atoms. The summed E-state index contributed by atoms with van der Waals surface area (Å²) < 4.78 is 5.56. The summed E-state index contributed by atoms with van der Waals surface area (Å²) in [6, 6.07) is 6.54. The lowest BCUT2D eigenvalue weighted by atomic mass is 10.2. The van der Waals surface area contributed by atoms with Gasteiger partial charge in [0.25, 0.3) is 5.91 Å². The molecule has 3 amide bonds. The van der Waals surface area contributed by atoms with Gasteiger partial charge >= 0.3 is 6.03 Å². The number of morpholine rings is 1. The van der Waals surface area contributed by atoms with E-state index < -0.39 is 0 Å². The zero-order valence-corrected chi connectivity index (χ0v) is 14.4. The van der Waals surface area contributed by atoms with Crippen LogP contribution in [0.15, 0.2) is 24.3 Å². The summed E-state index contributed by atoms with van der Waals surface area (Å²) in [6.07, 6.45) is 0.00873. The number of hydrogen-bond donors (Lipinski definition) is 3. The van der Waals surface area contributed by atoms with E-state index >= 15 is 0 Å². The molecule has 0 radical (unpaired) electrons. The minimum atomic E-state index is -0.279. The Labute approximate surface area is 146 Å². The van der Waals surface area contributed by atoms with E-state index in [0.29, 0.717) is 36.8 Å². The molecule has 1 aromatic carbocycles. The monoisotopic (exact) mass is 354 g/mol. The average molecular weight is 355 g/mol. The van der Waals surface area contributed by atoms with E-state index in [9.17, 15) is 9.59 Å². The van der Waals surface area contributed by atoms with Crippen molar-refractivity contribution in [3.8, 4) is 0 Å². The maximum absolute atomic E-state index is 11.9. The van der Waals surface area contributed by atoms with Crippen molar-refractivity contribution in [2.45, 2.75) is 6.10 Å². The Bertz CT molecular complexity index is 570. The predicted molar refractivity (Wildman–Crippen MR) is 92.4 cm³/mol. The second-order valence-corrected chi connectivity index (χ2v) is 6.03. The molecule has 1 aliphatic heterocycles. The van der Waals surface area contributed by atoms with E-state index in [1.807, 2.05) is 7.05 Å². The highest BCUT2D eigenvalue weighted by Gasteiger charge is 2.18. The van der Waals surface area contributed by atoms with Crippen molar-refractivity contribution in [2.75, 3.05) is 46.4 Å². The summed E-state index contributed by atoms with van der Waals surface area (Å²) >= 11 is 5.95. The van der Waals surface area contributed by atoms with Crippen LogP contribution in [0.5, 0.6) is 0 Å². The van der Waals surface area contributed by atoms with Crippen molar-refractivity contribution in [1.82, 2.24) is 20.9 Å². The van der Waals surface area contributed by atoms with Gasteiger partial charge in [-0.25, -0.2) is 4.79 Å².